The average molecular weight is 319 g/mol. The molecule has 0 aliphatic carbocycles. The van der Waals surface area contributed by atoms with E-state index in [1.807, 2.05) is 36.0 Å². The van der Waals surface area contributed by atoms with E-state index in [2.05, 4.69) is 22.8 Å². The molecule has 2 aromatic rings. The second kappa shape index (κ2) is 6.41. The van der Waals surface area contributed by atoms with Crippen molar-refractivity contribution in [2.75, 3.05) is 11.1 Å². The third-order valence-corrected chi connectivity index (χ3v) is 4.70. The summed E-state index contributed by atoms with van der Waals surface area (Å²) in [7, 11) is 0. The maximum absolute atomic E-state index is 12.1. The van der Waals surface area contributed by atoms with Gasteiger partial charge in [0.2, 0.25) is 0 Å². The van der Waals surface area contributed by atoms with Crippen molar-refractivity contribution in [3.8, 4) is 0 Å². The summed E-state index contributed by atoms with van der Waals surface area (Å²) in [6.45, 7) is 0. The van der Waals surface area contributed by atoms with Crippen LogP contribution in [0.25, 0.3) is 0 Å². The maximum Gasteiger partial charge on any atom is 0.319 e. The Morgan fingerprint density at radius 3 is 2.90 bits per heavy atom. The molecule has 0 spiro atoms. The predicted molar refractivity (Wildman–Crippen MR) is 88.1 cm³/mol. The van der Waals surface area contributed by atoms with E-state index in [-0.39, 0.29) is 12.1 Å². The van der Waals surface area contributed by atoms with Crippen molar-refractivity contribution in [3.05, 3.63) is 59.1 Å². The van der Waals surface area contributed by atoms with E-state index in [4.69, 9.17) is 11.6 Å². The zero-order chi connectivity index (χ0) is 14.7. The first-order chi connectivity index (χ1) is 10.2. The van der Waals surface area contributed by atoms with E-state index in [1.54, 1.807) is 12.1 Å². The van der Waals surface area contributed by atoms with Gasteiger partial charge in [0.1, 0.15) is 0 Å². The molecular formula is C16H15ClN2OS. The lowest BCUT2D eigenvalue weighted by molar-refractivity contribution is 0.248. The molecule has 0 aromatic heterocycles. The predicted octanol–water partition coefficient (Wildman–Crippen LogP) is 4.70. The van der Waals surface area contributed by atoms with Gasteiger partial charge in [0.05, 0.1) is 6.04 Å². The van der Waals surface area contributed by atoms with Crippen LogP contribution in [-0.4, -0.2) is 11.8 Å². The van der Waals surface area contributed by atoms with Crippen molar-refractivity contribution in [1.82, 2.24) is 5.32 Å². The van der Waals surface area contributed by atoms with Gasteiger partial charge in [0, 0.05) is 21.4 Å². The first kappa shape index (κ1) is 14.3. The van der Waals surface area contributed by atoms with Gasteiger partial charge in [-0.15, -0.1) is 11.8 Å². The first-order valence-electron chi connectivity index (χ1n) is 6.77. The Balaban J connectivity index is 1.68. The van der Waals surface area contributed by atoms with Crippen LogP contribution in [0.3, 0.4) is 0 Å². The van der Waals surface area contributed by atoms with E-state index in [0.717, 1.165) is 12.2 Å². The third kappa shape index (κ3) is 3.52. The quantitative estimate of drug-likeness (QED) is 0.842. The largest absolute Gasteiger partial charge is 0.331 e. The molecule has 1 heterocycles. The van der Waals surface area contributed by atoms with Crippen LogP contribution >= 0.6 is 23.4 Å². The third-order valence-electron chi connectivity index (χ3n) is 3.35. The summed E-state index contributed by atoms with van der Waals surface area (Å²) in [4.78, 5) is 13.4. The topological polar surface area (TPSA) is 41.1 Å². The maximum atomic E-state index is 12.1. The summed E-state index contributed by atoms with van der Waals surface area (Å²) in [5.41, 5.74) is 1.88. The standard InChI is InChI=1S/C16H15ClN2OS/c17-11-4-3-5-12(10-11)18-16(20)19-14-8-9-21-15-7-2-1-6-13(14)15/h1-7,10,14H,8-9H2,(H2,18,19,20). The lowest BCUT2D eigenvalue weighted by Gasteiger charge is -2.25. The fourth-order valence-corrected chi connectivity index (χ4v) is 3.70. The number of thioether (sulfide) groups is 1. The molecule has 0 saturated heterocycles. The molecule has 3 rings (SSSR count). The van der Waals surface area contributed by atoms with E-state index in [9.17, 15) is 4.79 Å². The molecule has 2 aromatic carbocycles. The molecule has 0 fully saturated rings. The van der Waals surface area contributed by atoms with E-state index in [0.29, 0.717) is 10.7 Å². The lowest BCUT2D eigenvalue weighted by Crippen LogP contribution is -2.34. The number of amides is 2. The Labute approximate surface area is 133 Å². The van der Waals surface area contributed by atoms with Crippen LogP contribution in [0.4, 0.5) is 10.5 Å². The molecule has 1 unspecified atom stereocenters. The van der Waals surface area contributed by atoms with Crippen LogP contribution in [0.1, 0.15) is 18.0 Å². The number of carbonyl (C=O) groups excluding carboxylic acids is 1. The van der Waals surface area contributed by atoms with Crippen molar-refractivity contribution < 1.29 is 4.79 Å². The van der Waals surface area contributed by atoms with Crippen LogP contribution in [0, 0.1) is 0 Å². The molecule has 108 valence electrons. The van der Waals surface area contributed by atoms with Gasteiger partial charge in [0.25, 0.3) is 0 Å². The van der Waals surface area contributed by atoms with Crippen molar-refractivity contribution in [2.24, 2.45) is 0 Å². The summed E-state index contributed by atoms with van der Waals surface area (Å²) < 4.78 is 0. The highest BCUT2D eigenvalue weighted by molar-refractivity contribution is 7.99. The fraction of sp³-hybridized carbons (Fsp3) is 0.188. The Bertz CT molecular complexity index is 662. The molecular weight excluding hydrogens is 304 g/mol. The lowest BCUT2D eigenvalue weighted by atomic mass is 10.0. The molecule has 0 radical (unpaired) electrons. The molecule has 0 saturated carbocycles. The average Bonchev–Trinajstić information content (AvgIpc) is 2.47. The number of nitrogens with one attached hydrogen (secondary N) is 2. The van der Waals surface area contributed by atoms with Gasteiger partial charge < -0.3 is 10.6 Å². The van der Waals surface area contributed by atoms with E-state index >= 15 is 0 Å². The monoisotopic (exact) mass is 318 g/mol. The number of rotatable bonds is 2. The first-order valence-corrected chi connectivity index (χ1v) is 8.13. The fourth-order valence-electron chi connectivity index (χ4n) is 2.38. The van der Waals surface area contributed by atoms with Crippen LogP contribution in [0.15, 0.2) is 53.4 Å². The smallest absolute Gasteiger partial charge is 0.319 e. The van der Waals surface area contributed by atoms with Gasteiger partial charge in [0.15, 0.2) is 0 Å². The minimum Gasteiger partial charge on any atom is -0.331 e. The van der Waals surface area contributed by atoms with Crippen molar-refractivity contribution in [3.63, 3.8) is 0 Å². The normalized spacial score (nSPS) is 16.9. The van der Waals surface area contributed by atoms with Crippen molar-refractivity contribution in [2.45, 2.75) is 17.4 Å². The second-order valence-electron chi connectivity index (χ2n) is 4.84. The Kier molecular flexibility index (Phi) is 4.36. The number of urea groups is 1. The zero-order valence-corrected chi connectivity index (χ0v) is 12.9. The van der Waals surface area contributed by atoms with Gasteiger partial charge in [-0.05, 0) is 36.2 Å². The van der Waals surface area contributed by atoms with Crippen LogP contribution in [0.2, 0.25) is 5.02 Å². The Hall–Kier alpha value is -1.65. The number of halogens is 1. The molecule has 5 heteroatoms. The van der Waals surface area contributed by atoms with Gasteiger partial charge in [-0.3, -0.25) is 0 Å². The number of hydrogen-bond donors (Lipinski definition) is 2. The highest BCUT2D eigenvalue weighted by Crippen LogP contribution is 2.35. The molecule has 0 bridgehead atoms. The summed E-state index contributed by atoms with van der Waals surface area (Å²) in [6.07, 6.45) is 0.935. The van der Waals surface area contributed by atoms with E-state index < -0.39 is 0 Å². The van der Waals surface area contributed by atoms with Gasteiger partial charge in [-0.25, -0.2) is 4.79 Å². The molecule has 2 amide bonds. The van der Waals surface area contributed by atoms with Gasteiger partial charge in [-0.1, -0.05) is 35.9 Å². The molecule has 1 aliphatic rings. The van der Waals surface area contributed by atoms with Crippen LogP contribution in [0.5, 0.6) is 0 Å². The Morgan fingerprint density at radius 1 is 1.19 bits per heavy atom. The number of carbonyl (C=O) groups is 1. The second-order valence-corrected chi connectivity index (χ2v) is 6.41. The number of hydrogen-bond acceptors (Lipinski definition) is 2. The van der Waals surface area contributed by atoms with Gasteiger partial charge >= 0.3 is 6.03 Å². The molecule has 1 aliphatic heterocycles. The molecule has 1 atom stereocenters. The van der Waals surface area contributed by atoms with Crippen LogP contribution in [-0.2, 0) is 0 Å². The summed E-state index contributed by atoms with van der Waals surface area (Å²) in [5.74, 6) is 1.01. The Morgan fingerprint density at radius 2 is 2.05 bits per heavy atom. The number of fused-ring (bicyclic) bond motifs is 1. The molecule has 21 heavy (non-hydrogen) atoms. The summed E-state index contributed by atoms with van der Waals surface area (Å²) >= 11 is 7.75. The van der Waals surface area contributed by atoms with Crippen LogP contribution < -0.4 is 10.6 Å². The summed E-state index contributed by atoms with van der Waals surface area (Å²) in [6, 6.07) is 15.2. The minimum absolute atomic E-state index is 0.0571. The van der Waals surface area contributed by atoms with E-state index in [1.165, 1.54) is 10.5 Å². The summed E-state index contributed by atoms with van der Waals surface area (Å²) in [5, 5.41) is 6.46. The number of anilines is 1. The molecule has 3 nitrogen and oxygen atoms in total. The highest BCUT2D eigenvalue weighted by Gasteiger charge is 2.21. The zero-order valence-electron chi connectivity index (χ0n) is 11.3. The minimum atomic E-state index is -0.205. The molecule has 2 N–H and O–H groups in total. The number of benzene rings is 2. The van der Waals surface area contributed by atoms with Gasteiger partial charge in [-0.2, -0.15) is 0 Å². The SMILES string of the molecule is O=C(Nc1cccc(Cl)c1)NC1CCSc2ccccc21. The van der Waals surface area contributed by atoms with Crippen molar-refractivity contribution >= 4 is 35.1 Å². The highest BCUT2D eigenvalue weighted by atomic mass is 35.5. The van der Waals surface area contributed by atoms with Crippen molar-refractivity contribution in [1.29, 1.82) is 0 Å².